The average Bonchev–Trinajstić information content (AvgIpc) is 2.45. The fraction of sp³-hybridized carbons (Fsp3) is 0.333. The monoisotopic (exact) mass is 269 g/mol. The molecule has 2 aromatic carbocycles. The first-order chi connectivity index (χ1) is 9.60. The van der Waals surface area contributed by atoms with E-state index in [-0.39, 0.29) is 0 Å². The van der Waals surface area contributed by atoms with Gasteiger partial charge >= 0.3 is 0 Å². The molecule has 0 aliphatic heterocycles. The quantitative estimate of drug-likeness (QED) is 0.880. The predicted molar refractivity (Wildman–Crippen MR) is 84.2 cm³/mol. The summed E-state index contributed by atoms with van der Waals surface area (Å²) in [6.45, 7) is 7.21. The molecule has 2 heteroatoms. The average molecular weight is 269 g/mol. The van der Waals surface area contributed by atoms with Crippen molar-refractivity contribution < 1.29 is 4.74 Å². The molecule has 1 N–H and O–H groups in total. The molecular weight excluding hydrogens is 246 g/mol. The Kier molecular flexibility index (Phi) is 4.80. The van der Waals surface area contributed by atoms with Gasteiger partial charge in [0, 0.05) is 18.2 Å². The van der Waals surface area contributed by atoms with Gasteiger partial charge in [-0.15, -0.1) is 0 Å². The second kappa shape index (κ2) is 6.58. The van der Waals surface area contributed by atoms with Gasteiger partial charge in [0.25, 0.3) is 0 Å². The molecule has 0 heterocycles. The lowest BCUT2D eigenvalue weighted by Gasteiger charge is -2.16. The summed E-state index contributed by atoms with van der Waals surface area (Å²) in [7, 11) is 1.72. The summed E-state index contributed by atoms with van der Waals surface area (Å²) in [6, 6.07) is 15.3. The first kappa shape index (κ1) is 14.6. The van der Waals surface area contributed by atoms with Crippen molar-refractivity contribution in [1.29, 1.82) is 0 Å². The van der Waals surface area contributed by atoms with Crippen molar-refractivity contribution >= 4 is 0 Å². The molecule has 0 amide bonds. The Labute approximate surface area is 121 Å². The molecule has 0 fully saturated rings. The topological polar surface area (TPSA) is 21.3 Å². The normalized spacial score (nSPS) is 12.2. The van der Waals surface area contributed by atoms with Crippen molar-refractivity contribution in [2.45, 2.75) is 33.4 Å². The van der Waals surface area contributed by atoms with E-state index in [4.69, 9.17) is 4.74 Å². The summed E-state index contributed by atoms with van der Waals surface area (Å²) in [4.78, 5) is 0. The van der Waals surface area contributed by atoms with Crippen LogP contribution in [0.15, 0.2) is 42.5 Å². The molecule has 20 heavy (non-hydrogen) atoms. The van der Waals surface area contributed by atoms with Crippen molar-refractivity contribution in [3.8, 4) is 5.75 Å². The third-order valence-electron chi connectivity index (χ3n) is 3.61. The summed E-state index contributed by atoms with van der Waals surface area (Å²) in [5.41, 5.74) is 5.06. The van der Waals surface area contributed by atoms with Crippen LogP contribution in [0.4, 0.5) is 0 Å². The van der Waals surface area contributed by atoms with Crippen LogP contribution in [0.2, 0.25) is 0 Å². The Bertz CT molecular complexity index is 560. The van der Waals surface area contributed by atoms with Gasteiger partial charge in [-0.1, -0.05) is 47.5 Å². The summed E-state index contributed by atoms with van der Waals surface area (Å²) >= 11 is 0. The van der Waals surface area contributed by atoms with Crippen molar-refractivity contribution in [3.05, 3.63) is 64.7 Å². The highest BCUT2D eigenvalue weighted by molar-refractivity contribution is 5.37. The first-order valence-electron chi connectivity index (χ1n) is 7.03. The van der Waals surface area contributed by atoms with Crippen LogP contribution in [0.25, 0.3) is 0 Å². The molecule has 0 saturated heterocycles. The van der Waals surface area contributed by atoms with E-state index < -0.39 is 0 Å². The molecule has 106 valence electrons. The summed E-state index contributed by atoms with van der Waals surface area (Å²) in [5, 5.41) is 3.56. The summed E-state index contributed by atoms with van der Waals surface area (Å²) in [6.07, 6.45) is 0. The van der Waals surface area contributed by atoms with E-state index in [0.29, 0.717) is 6.04 Å². The Hall–Kier alpha value is -1.80. The predicted octanol–water partition coefficient (Wildman–Crippen LogP) is 4.16. The second-order valence-corrected chi connectivity index (χ2v) is 5.33. The molecule has 1 unspecified atom stereocenters. The number of hydrogen-bond acceptors (Lipinski definition) is 2. The minimum Gasteiger partial charge on any atom is -0.496 e. The van der Waals surface area contributed by atoms with Crippen LogP contribution in [-0.2, 0) is 6.54 Å². The molecule has 0 spiro atoms. The lowest BCUT2D eigenvalue weighted by Crippen LogP contribution is -2.18. The lowest BCUT2D eigenvalue weighted by atomic mass is 10.1. The van der Waals surface area contributed by atoms with Gasteiger partial charge in [0.05, 0.1) is 7.11 Å². The molecule has 2 rings (SSSR count). The maximum atomic E-state index is 5.41. The van der Waals surface area contributed by atoms with Crippen LogP contribution in [0.5, 0.6) is 5.75 Å². The van der Waals surface area contributed by atoms with Crippen LogP contribution in [0, 0.1) is 13.8 Å². The van der Waals surface area contributed by atoms with Gasteiger partial charge in [-0.05, 0) is 32.4 Å². The minimum absolute atomic E-state index is 0.320. The van der Waals surface area contributed by atoms with Crippen LogP contribution in [0.1, 0.15) is 35.2 Å². The second-order valence-electron chi connectivity index (χ2n) is 5.33. The van der Waals surface area contributed by atoms with Gasteiger partial charge < -0.3 is 10.1 Å². The third-order valence-corrected chi connectivity index (χ3v) is 3.61. The largest absolute Gasteiger partial charge is 0.496 e. The zero-order chi connectivity index (χ0) is 14.5. The number of methoxy groups -OCH3 is 1. The molecule has 2 nitrogen and oxygen atoms in total. The van der Waals surface area contributed by atoms with Crippen LogP contribution >= 0.6 is 0 Å². The van der Waals surface area contributed by atoms with E-state index in [0.717, 1.165) is 12.3 Å². The van der Waals surface area contributed by atoms with Crippen molar-refractivity contribution in [2.24, 2.45) is 0 Å². The number of rotatable bonds is 5. The maximum absolute atomic E-state index is 5.41. The molecule has 0 aliphatic carbocycles. The Morgan fingerprint density at radius 2 is 1.65 bits per heavy atom. The van der Waals surface area contributed by atoms with Crippen LogP contribution < -0.4 is 10.1 Å². The molecule has 0 saturated carbocycles. The number of ether oxygens (including phenoxy) is 1. The first-order valence-corrected chi connectivity index (χ1v) is 7.03. The highest BCUT2D eigenvalue weighted by Gasteiger charge is 2.07. The maximum Gasteiger partial charge on any atom is 0.123 e. The van der Waals surface area contributed by atoms with Gasteiger partial charge in [-0.3, -0.25) is 0 Å². The van der Waals surface area contributed by atoms with Crippen molar-refractivity contribution in [1.82, 2.24) is 5.32 Å². The van der Waals surface area contributed by atoms with Gasteiger partial charge in [-0.2, -0.15) is 0 Å². The number of aryl methyl sites for hydroxylation is 2. The van der Waals surface area contributed by atoms with Gasteiger partial charge in [0.15, 0.2) is 0 Å². The fourth-order valence-corrected chi connectivity index (χ4v) is 2.28. The summed E-state index contributed by atoms with van der Waals surface area (Å²) in [5.74, 6) is 0.944. The van der Waals surface area contributed by atoms with Crippen molar-refractivity contribution in [3.63, 3.8) is 0 Å². The van der Waals surface area contributed by atoms with E-state index in [1.807, 2.05) is 6.07 Å². The van der Waals surface area contributed by atoms with Crippen molar-refractivity contribution in [2.75, 3.05) is 7.11 Å². The minimum atomic E-state index is 0.320. The van der Waals surface area contributed by atoms with Gasteiger partial charge in [0.1, 0.15) is 5.75 Å². The zero-order valence-corrected chi connectivity index (χ0v) is 12.7. The molecular formula is C18H23NO. The zero-order valence-electron chi connectivity index (χ0n) is 12.7. The van der Waals surface area contributed by atoms with Gasteiger partial charge in [-0.25, -0.2) is 0 Å². The van der Waals surface area contributed by atoms with E-state index in [2.05, 4.69) is 62.5 Å². The lowest BCUT2D eigenvalue weighted by molar-refractivity contribution is 0.406. The van der Waals surface area contributed by atoms with Crippen LogP contribution in [0.3, 0.4) is 0 Å². The molecule has 1 atom stereocenters. The Morgan fingerprint density at radius 1 is 1.00 bits per heavy atom. The number of benzene rings is 2. The highest BCUT2D eigenvalue weighted by Crippen LogP contribution is 2.21. The Balaban J connectivity index is 2.04. The summed E-state index contributed by atoms with van der Waals surface area (Å²) < 4.78 is 5.41. The Morgan fingerprint density at radius 3 is 2.30 bits per heavy atom. The molecule has 0 radical (unpaired) electrons. The van der Waals surface area contributed by atoms with E-state index in [9.17, 15) is 0 Å². The molecule has 0 aromatic heterocycles. The van der Waals surface area contributed by atoms with Crippen LogP contribution in [-0.4, -0.2) is 7.11 Å². The van der Waals surface area contributed by atoms with Gasteiger partial charge in [0.2, 0.25) is 0 Å². The highest BCUT2D eigenvalue weighted by atomic mass is 16.5. The smallest absolute Gasteiger partial charge is 0.123 e. The SMILES string of the molecule is COc1ccc(C)cc1CNC(C)c1ccc(C)cc1. The molecule has 0 bridgehead atoms. The van der Waals surface area contributed by atoms with E-state index in [1.165, 1.54) is 22.3 Å². The standard InChI is InChI=1S/C18H23NO/c1-13-5-8-16(9-6-13)15(3)19-12-17-11-14(2)7-10-18(17)20-4/h5-11,15,19H,12H2,1-4H3. The number of hydrogen-bond donors (Lipinski definition) is 1. The third kappa shape index (κ3) is 3.61. The van der Waals surface area contributed by atoms with E-state index >= 15 is 0 Å². The molecule has 2 aromatic rings. The fourth-order valence-electron chi connectivity index (χ4n) is 2.28. The molecule has 0 aliphatic rings. The van der Waals surface area contributed by atoms with E-state index in [1.54, 1.807) is 7.11 Å². The number of nitrogens with one attached hydrogen (secondary N) is 1.